The fourth-order valence-electron chi connectivity index (χ4n) is 2.91. The number of thiazole rings is 1. The summed E-state index contributed by atoms with van der Waals surface area (Å²) in [6.07, 6.45) is 8.19. The van der Waals surface area contributed by atoms with Crippen molar-refractivity contribution in [3.05, 3.63) is 15.6 Å². The van der Waals surface area contributed by atoms with Crippen LogP contribution in [0.5, 0.6) is 0 Å². The lowest BCUT2D eigenvalue weighted by molar-refractivity contribution is 0.0700. The molecule has 0 aromatic carbocycles. The van der Waals surface area contributed by atoms with Gasteiger partial charge in [0.2, 0.25) is 0 Å². The van der Waals surface area contributed by atoms with E-state index >= 15 is 0 Å². The second-order valence-corrected chi connectivity index (χ2v) is 6.73. The molecule has 0 bridgehead atoms. The van der Waals surface area contributed by atoms with Gasteiger partial charge in [0.1, 0.15) is 9.88 Å². The van der Waals surface area contributed by atoms with Gasteiger partial charge in [-0.25, -0.2) is 9.78 Å². The van der Waals surface area contributed by atoms with Crippen LogP contribution in [-0.2, 0) is 13.0 Å². The summed E-state index contributed by atoms with van der Waals surface area (Å²) in [6, 6.07) is 0.635. The molecular formula is C15H24N2O2S. The Morgan fingerprint density at radius 2 is 2.10 bits per heavy atom. The Morgan fingerprint density at radius 1 is 1.40 bits per heavy atom. The zero-order valence-corrected chi connectivity index (χ0v) is 13.2. The minimum absolute atomic E-state index is 0.430. The van der Waals surface area contributed by atoms with Crippen LogP contribution in [0.25, 0.3) is 0 Å². The van der Waals surface area contributed by atoms with E-state index in [9.17, 15) is 9.90 Å². The molecule has 1 N–H and O–H groups in total. The first-order valence-corrected chi connectivity index (χ1v) is 8.35. The zero-order valence-electron chi connectivity index (χ0n) is 12.4. The Labute approximate surface area is 124 Å². The molecule has 1 aliphatic carbocycles. The molecule has 1 saturated carbocycles. The summed E-state index contributed by atoms with van der Waals surface area (Å²) >= 11 is 1.35. The van der Waals surface area contributed by atoms with Gasteiger partial charge in [-0.15, -0.1) is 11.3 Å². The highest BCUT2D eigenvalue weighted by atomic mass is 32.1. The number of carboxylic acid groups (broad SMARTS) is 1. The van der Waals surface area contributed by atoms with Gasteiger partial charge in [-0.1, -0.05) is 32.6 Å². The van der Waals surface area contributed by atoms with Crippen molar-refractivity contribution in [3.63, 3.8) is 0 Å². The van der Waals surface area contributed by atoms with Gasteiger partial charge in [0.05, 0.1) is 12.2 Å². The van der Waals surface area contributed by atoms with Crippen molar-refractivity contribution in [3.8, 4) is 0 Å². The van der Waals surface area contributed by atoms with E-state index in [1.165, 1.54) is 43.4 Å². The highest BCUT2D eigenvalue weighted by Gasteiger charge is 2.21. The van der Waals surface area contributed by atoms with Crippen molar-refractivity contribution in [2.75, 3.05) is 7.05 Å². The van der Waals surface area contributed by atoms with E-state index in [1.807, 2.05) is 0 Å². The third-order valence-corrected chi connectivity index (χ3v) is 5.08. The van der Waals surface area contributed by atoms with Crippen LogP contribution < -0.4 is 0 Å². The average Bonchev–Trinajstić information content (AvgIpc) is 2.83. The van der Waals surface area contributed by atoms with Crippen molar-refractivity contribution in [1.82, 2.24) is 9.88 Å². The molecule has 1 aromatic rings. The summed E-state index contributed by atoms with van der Waals surface area (Å²) in [5.41, 5.74) is 0.761. The number of carbonyl (C=O) groups is 1. The first-order chi connectivity index (χ1) is 9.61. The molecule has 1 aromatic heterocycles. The van der Waals surface area contributed by atoms with E-state index in [4.69, 9.17) is 0 Å². The van der Waals surface area contributed by atoms with Crippen LogP contribution in [0.3, 0.4) is 0 Å². The number of hydrogen-bond donors (Lipinski definition) is 1. The van der Waals surface area contributed by atoms with Gasteiger partial charge >= 0.3 is 5.97 Å². The number of nitrogens with zero attached hydrogens (tertiary/aromatic N) is 2. The first kappa shape index (κ1) is 15.4. The summed E-state index contributed by atoms with van der Waals surface area (Å²) in [6.45, 7) is 2.83. The number of aromatic nitrogens is 1. The van der Waals surface area contributed by atoms with Gasteiger partial charge < -0.3 is 5.11 Å². The molecule has 0 saturated heterocycles. The second-order valence-electron chi connectivity index (χ2n) is 5.65. The van der Waals surface area contributed by atoms with Gasteiger partial charge in [-0.3, -0.25) is 4.90 Å². The van der Waals surface area contributed by atoms with E-state index < -0.39 is 5.97 Å². The summed E-state index contributed by atoms with van der Waals surface area (Å²) in [4.78, 5) is 18.6. The minimum Gasteiger partial charge on any atom is -0.477 e. The monoisotopic (exact) mass is 296 g/mol. The molecule has 0 atom stereocenters. The summed E-state index contributed by atoms with van der Waals surface area (Å²) in [7, 11) is 2.14. The number of rotatable bonds is 6. The second kappa shape index (κ2) is 7.18. The molecule has 0 unspecified atom stereocenters. The zero-order chi connectivity index (χ0) is 14.5. The smallest absolute Gasteiger partial charge is 0.347 e. The molecule has 1 heterocycles. The maximum atomic E-state index is 11.3. The summed E-state index contributed by atoms with van der Waals surface area (Å²) in [5.74, 6) is -0.836. The molecular weight excluding hydrogens is 272 g/mol. The van der Waals surface area contributed by atoms with Gasteiger partial charge in [0, 0.05) is 6.04 Å². The number of hydrogen-bond acceptors (Lipinski definition) is 4. The fourth-order valence-corrected chi connectivity index (χ4v) is 3.92. The third-order valence-electron chi connectivity index (χ3n) is 4.01. The molecule has 1 aliphatic rings. The molecule has 0 aliphatic heterocycles. The van der Waals surface area contributed by atoms with Crippen molar-refractivity contribution in [2.24, 2.45) is 0 Å². The molecule has 0 spiro atoms. The standard InChI is InChI=1S/C15H24N2O2S/c1-3-7-12-14(15(18)19)20-13(16-12)10-17(2)11-8-5-4-6-9-11/h11H,3-10H2,1-2H3,(H,18,19). The van der Waals surface area contributed by atoms with Gasteiger partial charge in [-0.2, -0.15) is 0 Å². The van der Waals surface area contributed by atoms with Crippen LogP contribution in [0.15, 0.2) is 0 Å². The highest BCUT2D eigenvalue weighted by molar-refractivity contribution is 7.13. The maximum Gasteiger partial charge on any atom is 0.347 e. The Hall–Kier alpha value is -0.940. The van der Waals surface area contributed by atoms with Crippen LogP contribution in [-0.4, -0.2) is 34.0 Å². The average molecular weight is 296 g/mol. The SMILES string of the molecule is CCCc1nc(CN(C)C2CCCCC2)sc1C(=O)O. The molecule has 1 fully saturated rings. The lowest BCUT2D eigenvalue weighted by Gasteiger charge is -2.30. The van der Waals surface area contributed by atoms with Crippen LogP contribution in [0.1, 0.15) is 65.8 Å². The largest absolute Gasteiger partial charge is 0.477 e. The lowest BCUT2D eigenvalue weighted by atomic mass is 9.94. The summed E-state index contributed by atoms with van der Waals surface area (Å²) in [5, 5.41) is 10.2. The van der Waals surface area contributed by atoms with Crippen molar-refractivity contribution in [1.29, 1.82) is 0 Å². The van der Waals surface area contributed by atoms with Crippen molar-refractivity contribution >= 4 is 17.3 Å². The molecule has 20 heavy (non-hydrogen) atoms. The Kier molecular flexibility index (Phi) is 5.54. The highest BCUT2D eigenvalue weighted by Crippen LogP contribution is 2.25. The fraction of sp³-hybridized carbons (Fsp3) is 0.733. The predicted octanol–water partition coefficient (Wildman–Crippen LogP) is 3.56. The third kappa shape index (κ3) is 3.79. The molecule has 0 amide bonds. The van der Waals surface area contributed by atoms with E-state index in [0.717, 1.165) is 30.1 Å². The van der Waals surface area contributed by atoms with Crippen LogP contribution >= 0.6 is 11.3 Å². The van der Waals surface area contributed by atoms with E-state index in [-0.39, 0.29) is 0 Å². The molecule has 4 nitrogen and oxygen atoms in total. The van der Waals surface area contributed by atoms with E-state index in [1.54, 1.807) is 0 Å². The van der Waals surface area contributed by atoms with E-state index in [2.05, 4.69) is 23.9 Å². The van der Waals surface area contributed by atoms with Gasteiger partial charge in [-0.05, 0) is 26.3 Å². The maximum absolute atomic E-state index is 11.3. The predicted molar refractivity (Wildman–Crippen MR) is 81.4 cm³/mol. The van der Waals surface area contributed by atoms with Crippen molar-refractivity contribution < 1.29 is 9.90 Å². The Morgan fingerprint density at radius 3 is 2.70 bits per heavy atom. The minimum atomic E-state index is -0.836. The molecule has 2 rings (SSSR count). The molecule has 5 heteroatoms. The topological polar surface area (TPSA) is 53.4 Å². The van der Waals surface area contributed by atoms with Crippen LogP contribution in [0.4, 0.5) is 0 Å². The summed E-state index contributed by atoms with van der Waals surface area (Å²) < 4.78 is 0. The Balaban J connectivity index is 2.04. The number of aryl methyl sites for hydroxylation is 1. The Bertz CT molecular complexity index is 453. The van der Waals surface area contributed by atoms with E-state index in [0.29, 0.717) is 10.9 Å². The van der Waals surface area contributed by atoms with Crippen LogP contribution in [0, 0.1) is 0 Å². The quantitative estimate of drug-likeness (QED) is 0.872. The first-order valence-electron chi connectivity index (χ1n) is 7.54. The van der Waals surface area contributed by atoms with Crippen LogP contribution in [0.2, 0.25) is 0 Å². The normalized spacial score (nSPS) is 16.8. The molecule has 0 radical (unpaired) electrons. The number of carboxylic acids is 1. The number of aromatic carboxylic acids is 1. The van der Waals surface area contributed by atoms with Gasteiger partial charge in [0.25, 0.3) is 0 Å². The molecule has 112 valence electrons. The van der Waals surface area contributed by atoms with Gasteiger partial charge in [0.15, 0.2) is 0 Å². The van der Waals surface area contributed by atoms with Crippen molar-refractivity contribution in [2.45, 2.75) is 64.5 Å². The lowest BCUT2D eigenvalue weighted by Crippen LogP contribution is -2.32.